The van der Waals surface area contributed by atoms with Gasteiger partial charge >= 0.3 is 0 Å². The van der Waals surface area contributed by atoms with Gasteiger partial charge in [-0.05, 0) is 38.0 Å². The Kier molecular flexibility index (Phi) is 6.21. The summed E-state index contributed by atoms with van der Waals surface area (Å²) in [5.41, 5.74) is 0.743. The molecule has 0 saturated carbocycles. The van der Waals surface area contributed by atoms with Gasteiger partial charge in [-0.2, -0.15) is 5.10 Å². The zero-order valence-corrected chi connectivity index (χ0v) is 17.4. The molecule has 1 fully saturated rings. The molecule has 0 radical (unpaired) electrons. The molecule has 1 atom stereocenters. The summed E-state index contributed by atoms with van der Waals surface area (Å²) in [6, 6.07) is 9.08. The van der Waals surface area contributed by atoms with Crippen molar-refractivity contribution in [2.45, 2.75) is 32.2 Å². The highest BCUT2D eigenvalue weighted by Gasteiger charge is 2.31. The minimum absolute atomic E-state index is 0.0669. The molecule has 7 nitrogen and oxygen atoms in total. The molecule has 0 aliphatic carbocycles. The largest absolute Gasteiger partial charge is 0.494 e. The van der Waals surface area contributed by atoms with Crippen LogP contribution in [-0.2, 0) is 14.6 Å². The highest BCUT2D eigenvalue weighted by Crippen LogP contribution is 2.27. The number of nitrogens with one attached hydrogen (secondary N) is 1. The zero-order valence-electron chi connectivity index (χ0n) is 15.0. The summed E-state index contributed by atoms with van der Waals surface area (Å²) < 4.78 is 31.6. The average molecular weight is 456 g/mol. The van der Waals surface area contributed by atoms with E-state index < -0.39 is 9.84 Å². The number of halogens is 1. The van der Waals surface area contributed by atoms with E-state index in [0.717, 1.165) is 15.9 Å². The van der Waals surface area contributed by atoms with Gasteiger partial charge < -0.3 is 10.1 Å². The molecule has 1 saturated heterocycles. The third-order valence-electron chi connectivity index (χ3n) is 4.29. The van der Waals surface area contributed by atoms with E-state index in [9.17, 15) is 13.2 Å². The van der Waals surface area contributed by atoms with Crippen molar-refractivity contribution < 1.29 is 17.9 Å². The lowest BCUT2D eigenvalue weighted by molar-refractivity contribution is -0.116. The van der Waals surface area contributed by atoms with Gasteiger partial charge in [0.2, 0.25) is 5.91 Å². The van der Waals surface area contributed by atoms with Crippen LogP contribution < -0.4 is 10.1 Å². The van der Waals surface area contributed by atoms with Gasteiger partial charge in [-0.25, -0.2) is 13.1 Å². The first-order chi connectivity index (χ1) is 12.8. The van der Waals surface area contributed by atoms with Crippen LogP contribution in [0.15, 0.2) is 34.8 Å². The number of aryl methyl sites for hydroxylation is 1. The fraction of sp³-hybridized carbons (Fsp3) is 0.444. The molecule has 1 aromatic carbocycles. The van der Waals surface area contributed by atoms with Crippen LogP contribution in [0.4, 0.5) is 5.82 Å². The predicted octanol–water partition coefficient (Wildman–Crippen LogP) is 3.11. The second-order valence-electron chi connectivity index (χ2n) is 6.63. The summed E-state index contributed by atoms with van der Waals surface area (Å²) in [5.74, 6) is 1.39. The summed E-state index contributed by atoms with van der Waals surface area (Å²) in [7, 11) is -3.02. The number of aromatic nitrogens is 2. The number of ether oxygens (including phenoxy) is 1. The van der Waals surface area contributed by atoms with E-state index >= 15 is 0 Å². The first-order valence-electron chi connectivity index (χ1n) is 8.77. The number of benzene rings is 1. The average Bonchev–Trinajstić information content (AvgIpc) is 3.13. The first kappa shape index (κ1) is 19.9. The number of carbonyl (C=O) groups excluding carboxylic acids is 1. The number of hydrogen-bond donors (Lipinski definition) is 1. The van der Waals surface area contributed by atoms with E-state index in [1.54, 1.807) is 10.7 Å². The Hall–Kier alpha value is -1.87. The molecule has 9 heteroatoms. The predicted molar refractivity (Wildman–Crippen MR) is 107 cm³/mol. The summed E-state index contributed by atoms with van der Waals surface area (Å²) in [4.78, 5) is 12.2. The van der Waals surface area contributed by atoms with Gasteiger partial charge in [0.05, 0.1) is 29.8 Å². The minimum Gasteiger partial charge on any atom is -0.494 e. The molecule has 0 bridgehead atoms. The fourth-order valence-electron chi connectivity index (χ4n) is 3.04. The van der Waals surface area contributed by atoms with Crippen LogP contribution in [0.25, 0.3) is 0 Å². The maximum Gasteiger partial charge on any atom is 0.225 e. The second-order valence-corrected chi connectivity index (χ2v) is 9.77. The lowest BCUT2D eigenvalue weighted by Crippen LogP contribution is -2.19. The van der Waals surface area contributed by atoms with Crippen LogP contribution in [0.3, 0.4) is 0 Å². The van der Waals surface area contributed by atoms with E-state index in [0.29, 0.717) is 31.7 Å². The Morgan fingerprint density at radius 1 is 1.41 bits per heavy atom. The van der Waals surface area contributed by atoms with Crippen molar-refractivity contribution in [2.75, 3.05) is 23.4 Å². The maximum absolute atomic E-state index is 12.2. The Bertz CT molecular complexity index is 926. The fourth-order valence-corrected chi connectivity index (χ4v) is 5.11. The number of hydrogen-bond acceptors (Lipinski definition) is 5. The molecule has 1 N–H and O–H groups in total. The van der Waals surface area contributed by atoms with E-state index in [4.69, 9.17) is 4.74 Å². The molecule has 146 valence electrons. The van der Waals surface area contributed by atoms with E-state index in [1.165, 1.54) is 0 Å². The van der Waals surface area contributed by atoms with Crippen LogP contribution >= 0.6 is 15.9 Å². The van der Waals surface area contributed by atoms with Gasteiger partial charge in [-0.15, -0.1) is 0 Å². The van der Waals surface area contributed by atoms with Gasteiger partial charge in [0.25, 0.3) is 0 Å². The Morgan fingerprint density at radius 3 is 2.93 bits per heavy atom. The number of anilines is 1. The molecule has 1 aliphatic rings. The molecule has 1 aliphatic heterocycles. The van der Waals surface area contributed by atoms with Crippen LogP contribution in [0.1, 0.15) is 31.0 Å². The Balaban J connectivity index is 1.51. The lowest BCUT2D eigenvalue weighted by atomic mass is 10.2. The van der Waals surface area contributed by atoms with Crippen molar-refractivity contribution in [1.82, 2.24) is 9.78 Å². The van der Waals surface area contributed by atoms with Crippen molar-refractivity contribution in [3.8, 4) is 5.75 Å². The van der Waals surface area contributed by atoms with E-state index in [-0.39, 0.29) is 23.5 Å². The van der Waals surface area contributed by atoms with E-state index in [1.807, 2.05) is 31.2 Å². The summed E-state index contributed by atoms with van der Waals surface area (Å²) in [6.45, 7) is 2.25. The van der Waals surface area contributed by atoms with Crippen molar-refractivity contribution in [1.29, 1.82) is 0 Å². The molecule has 0 spiro atoms. The van der Waals surface area contributed by atoms with Gasteiger partial charge in [0.1, 0.15) is 11.6 Å². The molecule has 1 aromatic heterocycles. The van der Waals surface area contributed by atoms with E-state index in [2.05, 4.69) is 26.3 Å². The van der Waals surface area contributed by atoms with Crippen LogP contribution in [0.5, 0.6) is 5.75 Å². The first-order valence-corrected chi connectivity index (χ1v) is 11.4. The van der Waals surface area contributed by atoms with Gasteiger partial charge in [-0.3, -0.25) is 4.79 Å². The minimum atomic E-state index is -3.02. The number of rotatable bonds is 7. The zero-order chi connectivity index (χ0) is 19.4. The van der Waals surface area contributed by atoms with Crippen molar-refractivity contribution in [3.63, 3.8) is 0 Å². The molecule has 2 aromatic rings. The normalized spacial score (nSPS) is 18.4. The number of sulfone groups is 1. The topological polar surface area (TPSA) is 90.3 Å². The summed E-state index contributed by atoms with van der Waals surface area (Å²) in [5, 5.41) is 7.21. The third kappa shape index (κ3) is 5.55. The maximum atomic E-state index is 12.2. The van der Waals surface area contributed by atoms with Crippen LogP contribution in [0, 0.1) is 6.92 Å². The summed E-state index contributed by atoms with van der Waals surface area (Å²) in [6.07, 6.45) is 1.40. The smallest absolute Gasteiger partial charge is 0.225 e. The number of amides is 1. The summed E-state index contributed by atoms with van der Waals surface area (Å²) >= 11 is 3.38. The van der Waals surface area contributed by atoms with Crippen molar-refractivity contribution in [3.05, 3.63) is 40.5 Å². The van der Waals surface area contributed by atoms with Gasteiger partial charge in [0, 0.05) is 17.0 Å². The SMILES string of the molecule is Cc1cc(NC(=O)CCCOc2cccc(Br)c2)n(C2CCS(=O)(=O)C2)n1. The lowest BCUT2D eigenvalue weighted by Gasteiger charge is -2.14. The molecule has 1 amide bonds. The Morgan fingerprint density at radius 2 is 2.22 bits per heavy atom. The van der Waals surface area contributed by atoms with Crippen molar-refractivity contribution in [2.24, 2.45) is 0 Å². The number of carbonyl (C=O) groups is 1. The quantitative estimate of drug-likeness (QED) is 0.647. The number of nitrogens with zero attached hydrogens (tertiary/aromatic N) is 2. The van der Waals surface area contributed by atoms with Gasteiger partial charge in [0.15, 0.2) is 9.84 Å². The molecule has 2 heterocycles. The van der Waals surface area contributed by atoms with Crippen molar-refractivity contribution >= 4 is 37.5 Å². The standard InChI is InChI=1S/C18H22BrN3O4S/c1-13-10-17(22(21-13)15-7-9-27(24,25)12-15)20-18(23)6-3-8-26-16-5-2-4-14(19)11-16/h2,4-5,10-11,15H,3,6-9,12H2,1H3,(H,20,23). The van der Waals surface area contributed by atoms with Crippen LogP contribution in [0.2, 0.25) is 0 Å². The third-order valence-corrected chi connectivity index (χ3v) is 6.54. The highest BCUT2D eigenvalue weighted by atomic mass is 79.9. The molecule has 27 heavy (non-hydrogen) atoms. The van der Waals surface area contributed by atoms with Gasteiger partial charge in [-0.1, -0.05) is 22.0 Å². The molecule has 1 unspecified atom stereocenters. The Labute approximate surface area is 167 Å². The second kappa shape index (κ2) is 8.43. The molecular weight excluding hydrogens is 434 g/mol. The molecule has 3 rings (SSSR count). The highest BCUT2D eigenvalue weighted by molar-refractivity contribution is 9.10. The monoisotopic (exact) mass is 455 g/mol. The van der Waals surface area contributed by atoms with Crippen LogP contribution in [-0.4, -0.2) is 42.2 Å². The molecular formula is C18H22BrN3O4S.